The van der Waals surface area contributed by atoms with Crippen LogP contribution in [0.2, 0.25) is 0 Å². The van der Waals surface area contributed by atoms with Gasteiger partial charge in [-0.2, -0.15) is 12.7 Å². The Morgan fingerprint density at radius 2 is 1.50 bits per heavy atom. The number of hydrogen-bond acceptors (Lipinski definition) is 2. The average molecular weight is 164 g/mol. The molecule has 5 heteroatoms. The largest absolute Gasteiger partial charge is 0.365 e. The van der Waals surface area contributed by atoms with E-state index in [1.807, 2.05) is 0 Å². The van der Waals surface area contributed by atoms with Gasteiger partial charge in [0, 0.05) is 13.1 Å². The van der Waals surface area contributed by atoms with Crippen LogP contribution < -0.4 is 0 Å². The maximum Gasteiger partial charge on any atom is 0.365 e. The Morgan fingerprint density at radius 3 is 1.80 bits per heavy atom. The summed E-state index contributed by atoms with van der Waals surface area (Å²) in [4.78, 5) is 0. The molecule has 0 aromatic carbocycles. The minimum atomic E-state index is -4.14. The van der Waals surface area contributed by atoms with Gasteiger partial charge in [0.05, 0.1) is 0 Å². The minimum Gasteiger partial charge on any atom is -0.179 e. The molecule has 0 bridgehead atoms. The highest BCUT2D eigenvalue weighted by atomic mass is 32.2. The summed E-state index contributed by atoms with van der Waals surface area (Å²) in [7, 11) is -4.14. The molecule has 10 heavy (non-hydrogen) atoms. The van der Waals surface area contributed by atoms with E-state index in [-0.39, 0.29) is 0 Å². The summed E-state index contributed by atoms with van der Waals surface area (Å²) in [6.07, 6.45) is 2.68. The lowest BCUT2D eigenvalue weighted by Crippen LogP contribution is -2.34. The summed E-state index contributed by atoms with van der Waals surface area (Å²) in [5.41, 5.74) is 0. The molecule has 0 aromatic rings. The van der Waals surface area contributed by atoms with Crippen molar-refractivity contribution in [3.63, 3.8) is 0 Å². The van der Waals surface area contributed by atoms with Crippen LogP contribution in [0.3, 0.4) is 0 Å². The molecule has 0 saturated carbocycles. The van der Waals surface area contributed by atoms with Crippen LogP contribution in [0.5, 0.6) is 0 Å². The van der Waals surface area contributed by atoms with Crippen molar-refractivity contribution in [2.45, 2.75) is 19.3 Å². The third kappa shape index (κ3) is 1.93. The fraction of sp³-hybridized carbons (Fsp3) is 1.00. The molecule has 0 aromatic heterocycles. The molecule has 59 valence electrons. The fourth-order valence-electron chi connectivity index (χ4n) is 1.09. The zero-order valence-electron chi connectivity index (χ0n) is 5.62. The molecule has 1 saturated heterocycles. The standard InChI is InChI=1S/C5H10NO3S/c7-10(8,9)6-4-2-1-3-5-6/h1-5H2. The first-order chi connectivity index (χ1) is 4.61. The van der Waals surface area contributed by atoms with Crippen LogP contribution in [0.4, 0.5) is 0 Å². The molecule has 0 unspecified atom stereocenters. The predicted octanol–water partition coefficient (Wildman–Crippen LogP) is 0.148. The van der Waals surface area contributed by atoms with Crippen molar-refractivity contribution >= 4 is 10.3 Å². The fourth-order valence-corrected chi connectivity index (χ4v) is 1.79. The van der Waals surface area contributed by atoms with E-state index >= 15 is 0 Å². The highest BCUT2D eigenvalue weighted by Gasteiger charge is 2.21. The van der Waals surface area contributed by atoms with Crippen LogP contribution in [-0.2, 0) is 14.9 Å². The van der Waals surface area contributed by atoms with Gasteiger partial charge >= 0.3 is 10.3 Å². The molecular weight excluding hydrogens is 154 g/mol. The van der Waals surface area contributed by atoms with Crippen LogP contribution in [0.25, 0.3) is 0 Å². The SMILES string of the molecule is [O]S(=O)(=O)N1CCCCC1. The summed E-state index contributed by atoms with van der Waals surface area (Å²) in [6.45, 7) is 0.817. The smallest absolute Gasteiger partial charge is 0.179 e. The van der Waals surface area contributed by atoms with E-state index in [2.05, 4.69) is 0 Å². The topological polar surface area (TPSA) is 57.3 Å². The van der Waals surface area contributed by atoms with E-state index in [1.165, 1.54) is 0 Å². The highest BCUT2D eigenvalue weighted by molar-refractivity contribution is 7.83. The molecule has 1 radical (unpaired) electrons. The van der Waals surface area contributed by atoms with E-state index in [0.29, 0.717) is 13.1 Å². The molecular formula is C5H10NO3S. The minimum absolute atomic E-state index is 0.409. The van der Waals surface area contributed by atoms with Gasteiger partial charge in [-0.15, -0.1) is 0 Å². The van der Waals surface area contributed by atoms with Crippen molar-refractivity contribution in [2.75, 3.05) is 13.1 Å². The van der Waals surface area contributed by atoms with Crippen molar-refractivity contribution in [3.05, 3.63) is 0 Å². The van der Waals surface area contributed by atoms with Gasteiger partial charge in [-0.25, -0.2) is 0 Å². The molecule has 1 aliphatic rings. The Hall–Kier alpha value is -0.130. The lowest BCUT2D eigenvalue weighted by atomic mass is 10.2. The normalized spacial score (nSPS) is 22.9. The second-order valence-electron chi connectivity index (χ2n) is 2.42. The molecule has 1 fully saturated rings. The molecule has 4 nitrogen and oxygen atoms in total. The van der Waals surface area contributed by atoms with Gasteiger partial charge < -0.3 is 0 Å². The second-order valence-corrected chi connectivity index (χ2v) is 3.79. The van der Waals surface area contributed by atoms with Crippen LogP contribution >= 0.6 is 0 Å². The quantitative estimate of drug-likeness (QED) is 0.553. The highest BCUT2D eigenvalue weighted by Crippen LogP contribution is 2.11. The van der Waals surface area contributed by atoms with Gasteiger partial charge in [-0.1, -0.05) is 11.0 Å². The summed E-state index contributed by atoms with van der Waals surface area (Å²) < 4.78 is 32.1. The number of rotatable bonds is 1. The molecule has 0 amide bonds. The maximum atomic E-state index is 10.4. The third-order valence-electron chi connectivity index (χ3n) is 1.63. The average Bonchev–Trinajstić information content (AvgIpc) is 1.88. The van der Waals surface area contributed by atoms with E-state index in [1.54, 1.807) is 0 Å². The van der Waals surface area contributed by atoms with E-state index in [0.717, 1.165) is 23.6 Å². The van der Waals surface area contributed by atoms with Crippen molar-refractivity contribution in [3.8, 4) is 0 Å². The Labute approximate surface area is 60.7 Å². The molecule has 0 atom stereocenters. The molecule has 1 aliphatic heterocycles. The van der Waals surface area contributed by atoms with Crippen molar-refractivity contribution in [1.29, 1.82) is 0 Å². The van der Waals surface area contributed by atoms with Gasteiger partial charge in [0.2, 0.25) is 0 Å². The van der Waals surface area contributed by atoms with Crippen LogP contribution in [0.15, 0.2) is 0 Å². The third-order valence-corrected chi connectivity index (χ3v) is 2.63. The van der Waals surface area contributed by atoms with Crippen LogP contribution in [-0.4, -0.2) is 25.8 Å². The Morgan fingerprint density at radius 1 is 1.00 bits per heavy atom. The summed E-state index contributed by atoms with van der Waals surface area (Å²) in [5.74, 6) is 0. The molecule has 1 heterocycles. The maximum absolute atomic E-state index is 10.4. The van der Waals surface area contributed by atoms with Crippen molar-refractivity contribution < 1.29 is 13.0 Å². The van der Waals surface area contributed by atoms with Crippen LogP contribution in [0.1, 0.15) is 19.3 Å². The summed E-state index contributed by atoms with van der Waals surface area (Å²) >= 11 is 0. The number of nitrogens with zero attached hydrogens (tertiary/aromatic N) is 1. The number of hydrogen-bond donors (Lipinski definition) is 0. The summed E-state index contributed by atoms with van der Waals surface area (Å²) in [5, 5.41) is 0. The molecule has 0 N–H and O–H groups in total. The van der Waals surface area contributed by atoms with Gasteiger partial charge in [-0.3, -0.25) is 0 Å². The van der Waals surface area contributed by atoms with Crippen LogP contribution in [0, 0.1) is 0 Å². The van der Waals surface area contributed by atoms with Gasteiger partial charge in [0.1, 0.15) is 0 Å². The van der Waals surface area contributed by atoms with Crippen molar-refractivity contribution in [1.82, 2.24) is 4.31 Å². The number of piperidine rings is 1. The lowest BCUT2D eigenvalue weighted by molar-refractivity contribution is 0.285. The van der Waals surface area contributed by atoms with Gasteiger partial charge in [0.15, 0.2) is 0 Å². The zero-order valence-corrected chi connectivity index (χ0v) is 6.43. The first-order valence-electron chi connectivity index (χ1n) is 3.32. The monoisotopic (exact) mass is 164 g/mol. The first kappa shape index (κ1) is 7.97. The van der Waals surface area contributed by atoms with E-state index < -0.39 is 10.3 Å². The second kappa shape index (κ2) is 2.86. The predicted molar refractivity (Wildman–Crippen MR) is 35.0 cm³/mol. The van der Waals surface area contributed by atoms with E-state index in [9.17, 15) is 13.0 Å². The van der Waals surface area contributed by atoms with Gasteiger partial charge in [-0.05, 0) is 12.8 Å². The molecule has 0 aliphatic carbocycles. The lowest BCUT2D eigenvalue weighted by Gasteiger charge is -2.21. The zero-order chi connectivity index (χ0) is 7.61. The Bertz CT molecular complexity index is 193. The Kier molecular flexibility index (Phi) is 2.28. The molecule has 0 spiro atoms. The first-order valence-corrected chi connectivity index (χ1v) is 4.68. The summed E-state index contributed by atoms with van der Waals surface area (Å²) in [6, 6.07) is 0. The van der Waals surface area contributed by atoms with Gasteiger partial charge in [0.25, 0.3) is 0 Å². The van der Waals surface area contributed by atoms with E-state index in [4.69, 9.17) is 0 Å². The Balaban J connectivity index is 2.56. The van der Waals surface area contributed by atoms with Crippen molar-refractivity contribution in [2.24, 2.45) is 0 Å². The molecule has 1 rings (SSSR count).